The molecule has 2 saturated heterocycles. The van der Waals surface area contributed by atoms with Gasteiger partial charge in [-0.25, -0.2) is 0 Å². The topological polar surface area (TPSA) is 45.7 Å². The van der Waals surface area contributed by atoms with Crippen LogP contribution in [0.2, 0.25) is 0 Å². The molecule has 0 aromatic carbocycles. The molecule has 0 radical (unpaired) electrons. The molecule has 0 spiro atoms. The maximum absolute atomic E-state index is 12.1. The molecule has 2 atom stereocenters. The number of carbonyl (C=O) groups excluding carboxylic acids is 1. The van der Waals surface area contributed by atoms with Gasteiger partial charge in [-0.1, -0.05) is 6.07 Å². The monoisotopic (exact) mass is 289 g/mol. The number of rotatable bonds is 5. The van der Waals surface area contributed by atoms with Crippen molar-refractivity contribution < 1.29 is 9.53 Å². The Kier molecular flexibility index (Phi) is 4.51. The molecule has 1 amide bonds. The van der Waals surface area contributed by atoms with Crippen LogP contribution in [0.1, 0.15) is 25.0 Å². The average molecular weight is 289 g/mol. The Morgan fingerprint density at radius 1 is 1.33 bits per heavy atom. The molecule has 2 aliphatic heterocycles. The lowest BCUT2D eigenvalue weighted by atomic mass is 9.96. The summed E-state index contributed by atoms with van der Waals surface area (Å²) in [7, 11) is 1.69. The third-order valence-corrected chi connectivity index (χ3v) is 4.63. The van der Waals surface area contributed by atoms with Gasteiger partial charge in [-0.3, -0.25) is 14.7 Å². The summed E-state index contributed by atoms with van der Waals surface area (Å²) in [6.07, 6.45) is 4.54. The molecule has 2 aliphatic rings. The summed E-state index contributed by atoms with van der Waals surface area (Å²) in [6, 6.07) is 6.88. The average Bonchev–Trinajstić information content (AvgIpc) is 2.90. The lowest BCUT2D eigenvalue weighted by Crippen LogP contribution is -2.53. The van der Waals surface area contributed by atoms with Gasteiger partial charge in [-0.05, 0) is 25.0 Å². The van der Waals surface area contributed by atoms with E-state index in [9.17, 15) is 4.79 Å². The number of pyridine rings is 1. The molecular weight excluding hydrogens is 266 g/mol. The molecule has 0 aliphatic carbocycles. The summed E-state index contributed by atoms with van der Waals surface area (Å²) in [5.74, 6) is 0.285. The Balaban J connectivity index is 1.67. The van der Waals surface area contributed by atoms with Gasteiger partial charge in [-0.15, -0.1) is 0 Å². The Labute approximate surface area is 125 Å². The molecule has 5 heteroatoms. The Morgan fingerprint density at radius 2 is 2.24 bits per heavy atom. The highest BCUT2D eigenvalue weighted by Crippen LogP contribution is 2.32. The summed E-state index contributed by atoms with van der Waals surface area (Å²) in [6.45, 7) is 3.26. The Morgan fingerprint density at radius 3 is 3.00 bits per heavy atom. The van der Waals surface area contributed by atoms with Gasteiger partial charge in [0, 0.05) is 51.4 Å². The minimum atomic E-state index is 0.285. The summed E-state index contributed by atoms with van der Waals surface area (Å²) < 4.78 is 5.15. The number of carbonyl (C=O) groups is 1. The maximum Gasteiger partial charge on any atom is 0.223 e. The first-order chi connectivity index (χ1) is 10.3. The quantitative estimate of drug-likeness (QED) is 0.819. The van der Waals surface area contributed by atoms with E-state index >= 15 is 0 Å². The molecule has 0 saturated carbocycles. The maximum atomic E-state index is 12.1. The molecule has 3 heterocycles. The van der Waals surface area contributed by atoms with Crippen LogP contribution < -0.4 is 0 Å². The van der Waals surface area contributed by atoms with Gasteiger partial charge in [0.25, 0.3) is 0 Å². The van der Waals surface area contributed by atoms with Crippen molar-refractivity contribution in [1.82, 2.24) is 14.8 Å². The van der Waals surface area contributed by atoms with Crippen molar-refractivity contribution in [2.45, 2.75) is 37.9 Å². The number of piperidine rings is 1. The van der Waals surface area contributed by atoms with E-state index < -0.39 is 0 Å². The van der Waals surface area contributed by atoms with Crippen molar-refractivity contribution in [2.24, 2.45) is 0 Å². The molecule has 0 bridgehead atoms. The largest absolute Gasteiger partial charge is 0.383 e. The third-order valence-electron chi connectivity index (χ3n) is 4.63. The third kappa shape index (κ3) is 3.09. The van der Waals surface area contributed by atoms with E-state index in [-0.39, 0.29) is 5.91 Å². The second kappa shape index (κ2) is 6.54. The van der Waals surface area contributed by atoms with Crippen molar-refractivity contribution in [3.8, 4) is 0 Å². The fourth-order valence-electron chi connectivity index (χ4n) is 3.61. The molecule has 3 rings (SSSR count). The number of hydrogen-bond acceptors (Lipinski definition) is 4. The van der Waals surface area contributed by atoms with Crippen molar-refractivity contribution >= 4 is 5.91 Å². The highest BCUT2D eigenvalue weighted by atomic mass is 16.5. The van der Waals surface area contributed by atoms with Crippen LogP contribution in [0.5, 0.6) is 0 Å². The minimum absolute atomic E-state index is 0.285. The lowest BCUT2D eigenvalue weighted by Gasteiger charge is -2.39. The molecule has 0 unspecified atom stereocenters. The predicted molar refractivity (Wildman–Crippen MR) is 79.7 cm³/mol. The number of fused-ring (bicyclic) bond motifs is 1. The van der Waals surface area contributed by atoms with Crippen LogP contribution in [0.25, 0.3) is 0 Å². The van der Waals surface area contributed by atoms with Gasteiger partial charge in [0.15, 0.2) is 0 Å². The van der Waals surface area contributed by atoms with E-state index in [4.69, 9.17) is 4.74 Å². The summed E-state index contributed by atoms with van der Waals surface area (Å²) in [5.41, 5.74) is 1.11. The summed E-state index contributed by atoms with van der Waals surface area (Å²) in [5, 5.41) is 0. The molecule has 1 aromatic rings. The van der Waals surface area contributed by atoms with E-state index in [1.165, 1.54) is 0 Å². The molecule has 2 fully saturated rings. The molecule has 1 aromatic heterocycles. The number of hydrogen-bond donors (Lipinski definition) is 0. The van der Waals surface area contributed by atoms with Gasteiger partial charge in [0.05, 0.1) is 12.3 Å². The van der Waals surface area contributed by atoms with Crippen LogP contribution in [0.3, 0.4) is 0 Å². The van der Waals surface area contributed by atoms with Crippen molar-refractivity contribution in [2.75, 3.05) is 26.8 Å². The highest BCUT2D eigenvalue weighted by Gasteiger charge is 2.42. The SMILES string of the molecule is COCCN1C(=O)CC[C@@H]2[C@H]1CCN2Cc1ccccn1. The molecular formula is C16H23N3O2. The van der Waals surface area contributed by atoms with Gasteiger partial charge in [0.2, 0.25) is 5.91 Å². The van der Waals surface area contributed by atoms with Gasteiger partial charge >= 0.3 is 0 Å². The van der Waals surface area contributed by atoms with Crippen LogP contribution >= 0.6 is 0 Å². The minimum Gasteiger partial charge on any atom is -0.383 e. The smallest absolute Gasteiger partial charge is 0.223 e. The van der Waals surface area contributed by atoms with E-state index in [2.05, 4.69) is 16.0 Å². The van der Waals surface area contributed by atoms with Crippen LogP contribution in [0, 0.1) is 0 Å². The standard InChI is InChI=1S/C16H23N3O2/c1-21-11-10-19-15-7-9-18(14(15)5-6-16(19)20)12-13-4-2-3-8-17-13/h2-4,8,14-15H,5-7,9-12H2,1H3/t14-,15-/m1/s1. The first-order valence-electron chi connectivity index (χ1n) is 7.72. The Bertz CT molecular complexity index is 480. The zero-order valence-electron chi connectivity index (χ0n) is 12.6. The summed E-state index contributed by atoms with van der Waals surface area (Å²) >= 11 is 0. The fraction of sp³-hybridized carbons (Fsp3) is 0.625. The molecule has 21 heavy (non-hydrogen) atoms. The normalized spacial score (nSPS) is 26.1. The number of amides is 1. The lowest BCUT2D eigenvalue weighted by molar-refractivity contribution is -0.138. The van der Waals surface area contributed by atoms with Crippen molar-refractivity contribution in [1.29, 1.82) is 0 Å². The second-order valence-corrected chi connectivity index (χ2v) is 5.83. The number of likely N-dealkylation sites (tertiary alicyclic amines) is 2. The van der Waals surface area contributed by atoms with E-state index in [1.54, 1.807) is 7.11 Å². The number of ether oxygens (including phenoxy) is 1. The Hall–Kier alpha value is -1.46. The molecule has 5 nitrogen and oxygen atoms in total. The molecule has 0 N–H and O–H groups in total. The second-order valence-electron chi connectivity index (χ2n) is 5.83. The van der Waals surface area contributed by atoms with Crippen LogP contribution in [-0.4, -0.2) is 59.6 Å². The predicted octanol–water partition coefficient (Wildman–Crippen LogP) is 1.29. The van der Waals surface area contributed by atoms with E-state index in [0.29, 0.717) is 31.7 Å². The van der Waals surface area contributed by atoms with Gasteiger partial charge in [0.1, 0.15) is 0 Å². The number of methoxy groups -OCH3 is 1. The molecule has 114 valence electrons. The van der Waals surface area contributed by atoms with Crippen LogP contribution in [0.15, 0.2) is 24.4 Å². The first kappa shape index (κ1) is 14.5. The summed E-state index contributed by atoms with van der Waals surface area (Å²) in [4.78, 5) is 21.1. The van der Waals surface area contributed by atoms with Crippen molar-refractivity contribution in [3.63, 3.8) is 0 Å². The van der Waals surface area contributed by atoms with Gasteiger partial charge in [-0.2, -0.15) is 0 Å². The van der Waals surface area contributed by atoms with Crippen LogP contribution in [0.4, 0.5) is 0 Å². The first-order valence-corrected chi connectivity index (χ1v) is 7.72. The fourth-order valence-corrected chi connectivity index (χ4v) is 3.61. The van der Waals surface area contributed by atoms with Gasteiger partial charge < -0.3 is 9.64 Å². The number of nitrogens with zero attached hydrogens (tertiary/aromatic N) is 3. The zero-order chi connectivity index (χ0) is 14.7. The van der Waals surface area contributed by atoms with E-state index in [1.807, 2.05) is 23.2 Å². The van der Waals surface area contributed by atoms with E-state index in [0.717, 1.165) is 31.6 Å². The zero-order valence-corrected chi connectivity index (χ0v) is 12.6. The highest BCUT2D eigenvalue weighted by molar-refractivity contribution is 5.77. The van der Waals surface area contributed by atoms with Crippen LogP contribution in [-0.2, 0) is 16.1 Å². The number of aromatic nitrogens is 1. The van der Waals surface area contributed by atoms with Crippen molar-refractivity contribution in [3.05, 3.63) is 30.1 Å².